The van der Waals surface area contributed by atoms with E-state index in [1.165, 1.54) is 0 Å². The maximum absolute atomic E-state index is 13.8. The summed E-state index contributed by atoms with van der Waals surface area (Å²) in [6.45, 7) is 7.31. The summed E-state index contributed by atoms with van der Waals surface area (Å²) in [6.07, 6.45) is 0.928. The molecule has 2 nitrogen and oxygen atoms in total. The molecule has 1 atom stereocenters. The highest BCUT2D eigenvalue weighted by atomic mass is 19.1. The average molecular weight is 175 g/mol. The lowest BCUT2D eigenvalue weighted by Gasteiger charge is -2.35. The van der Waals surface area contributed by atoms with Gasteiger partial charge in [0.05, 0.1) is 6.61 Å². The van der Waals surface area contributed by atoms with Crippen molar-refractivity contribution in [2.75, 3.05) is 19.8 Å². The van der Waals surface area contributed by atoms with Gasteiger partial charge in [0.2, 0.25) is 0 Å². The maximum atomic E-state index is 13.8. The van der Waals surface area contributed by atoms with Crippen molar-refractivity contribution in [2.45, 2.75) is 39.0 Å². The maximum Gasteiger partial charge on any atom is 0.184 e. The topological polar surface area (TPSA) is 12.5 Å². The summed E-state index contributed by atoms with van der Waals surface area (Å²) in [6, 6.07) is 0.252. The number of nitrogens with zero attached hydrogens (tertiary/aromatic N) is 1. The molecule has 0 aromatic rings. The van der Waals surface area contributed by atoms with E-state index in [0.29, 0.717) is 6.61 Å². The van der Waals surface area contributed by atoms with Crippen molar-refractivity contribution in [1.82, 2.24) is 4.90 Å². The van der Waals surface area contributed by atoms with Gasteiger partial charge in [0.25, 0.3) is 0 Å². The van der Waals surface area contributed by atoms with E-state index in [9.17, 15) is 4.39 Å². The van der Waals surface area contributed by atoms with Crippen LogP contribution in [-0.2, 0) is 4.74 Å². The molecule has 1 saturated heterocycles. The molecule has 0 N–H and O–H groups in total. The van der Waals surface area contributed by atoms with Crippen LogP contribution in [-0.4, -0.2) is 36.5 Å². The van der Waals surface area contributed by atoms with E-state index in [0.717, 1.165) is 13.0 Å². The zero-order valence-electron chi connectivity index (χ0n) is 8.14. The summed E-state index contributed by atoms with van der Waals surface area (Å²) in [5.74, 6) is -1.29. The quantitative estimate of drug-likeness (QED) is 0.563. The molecule has 0 aliphatic carbocycles. The predicted octanol–water partition coefficient (Wildman–Crippen LogP) is 1.80. The second-order valence-corrected chi connectivity index (χ2v) is 3.84. The van der Waals surface area contributed by atoms with Gasteiger partial charge in [0.15, 0.2) is 5.79 Å². The van der Waals surface area contributed by atoms with Crippen molar-refractivity contribution >= 4 is 0 Å². The highest BCUT2D eigenvalue weighted by Gasteiger charge is 2.34. The Morgan fingerprint density at radius 2 is 2.17 bits per heavy atom. The Morgan fingerprint density at radius 3 is 2.75 bits per heavy atom. The van der Waals surface area contributed by atoms with Gasteiger partial charge in [0.1, 0.15) is 0 Å². The largest absolute Gasteiger partial charge is 0.377 e. The van der Waals surface area contributed by atoms with Gasteiger partial charge in [-0.2, -0.15) is 0 Å². The van der Waals surface area contributed by atoms with Crippen LogP contribution < -0.4 is 0 Å². The van der Waals surface area contributed by atoms with E-state index in [1.54, 1.807) is 6.92 Å². The SMILES string of the molecule is CC(C)N1CCCOC[C@@]1(C)F. The summed E-state index contributed by atoms with van der Waals surface area (Å²) in [5, 5.41) is 0. The Hall–Kier alpha value is -0.150. The molecule has 0 spiro atoms. The molecule has 3 heteroatoms. The lowest BCUT2D eigenvalue weighted by Crippen LogP contribution is -2.48. The Balaban J connectivity index is 2.65. The standard InChI is InChI=1S/C9H18FNO/c1-8(2)11-5-4-6-12-7-9(11,3)10/h8H,4-7H2,1-3H3/t9-/m0/s1. The van der Waals surface area contributed by atoms with Crippen LogP contribution in [0, 0.1) is 0 Å². The average Bonchev–Trinajstić information content (AvgIpc) is 2.09. The van der Waals surface area contributed by atoms with Crippen LogP contribution in [0.5, 0.6) is 0 Å². The van der Waals surface area contributed by atoms with Gasteiger partial charge in [0, 0.05) is 19.2 Å². The first-order valence-corrected chi connectivity index (χ1v) is 4.57. The fourth-order valence-electron chi connectivity index (χ4n) is 1.71. The van der Waals surface area contributed by atoms with E-state index in [2.05, 4.69) is 0 Å². The van der Waals surface area contributed by atoms with Crippen LogP contribution in [0.25, 0.3) is 0 Å². The van der Waals surface area contributed by atoms with E-state index in [1.807, 2.05) is 18.7 Å². The highest BCUT2D eigenvalue weighted by molar-refractivity contribution is 4.79. The smallest absolute Gasteiger partial charge is 0.184 e. The van der Waals surface area contributed by atoms with Crippen LogP contribution in [0.15, 0.2) is 0 Å². The van der Waals surface area contributed by atoms with Gasteiger partial charge in [-0.1, -0.05) is 0 Å². The fourth-order valence-corrected chi connectivity index (χ4v) is 1.71. The molecule has 1 aliphatic rings. The second kappa shape index (κ2) is 3.71. The minimum absolute atomic E-state index is 0.200. The number of rotatable bonds is 1. The molecule has 72 valence electrons. The van der Waals surface area contributed by atoms with Gasteiger partial charge in [-0.15, -0.1) is 0 Å². The molecule has 0 bridgehead atoms. The van der Waals surface area contributed by atoms with Crippen molar-refractivity contribution in [1.29, 1.82) is 0 Å². The summed E-state index contributed by atoms with van der Waals surface area (Å²) in [7, 11) is 0. The molecule has 0 amide bonds. The van der Waals surface area contributed by atoms with Crippen LogP contribution in [0.2, 0.25) is 0 Å². The van der Waals surface area contributed by atoms with Crippen molar-refractivity contribution < 1.29 is 9.13 Å². The third-order valence-electron chi connectivity index (χ3n) is 2.28. The second-order valence-electron chi connectivity index (χ2n) is 3.84. The van der Waals surface area contributed by atoms with E-state index < -0.39 is 5.79 Å². The molecule has 1 fully saturated rings. The fraction of sp³-hybridized carbons (Fsp3) is 1.00. The molecule has 0 unspecified atom stereocenters. The third kappa shape index (κ3) is 2.17. The molecule has 1 heterocycles. The van der Waals surface area contributed by atoms with E-state index in [4.69, 9.17) is 4.74 Å². The summed E-state index contributed by atoms with van der Waals surface area (Å²) >= 11 is 0. The van der Waals surface area contributed by atoms with E-state index in [-0.39, 0.29) is 12.6 Å². The predicted molar refractivity (Wildman–Crippen MR) is 46.8 cm³/mol. The number of hydrogen-bond donors (Lipinski definition) is 0. The number of halogens is 1. The van der Waals surface area contributed by atoms with Crippen LogP contribution in [0.4, 0.5) is 4.39 Å². The van der Waals surface area contributed by atoms with Crippen LogP contribution >= 0.6 is 0 Å². The molecule has 12 heavy (non-hydrogen) atoms. The first-order valence-electron chi connectivity index (χ1n) is 4.57. The summed E-state index contributed by atoms with van der Waals surface area (Å²) < 4.78 is 19.0. The monoisotopic (exact) mass is 175 g/mol. The Bertz CT molecular complexity index is 147. The number of ether oxygens (including phenoxy) is 1. The normalized spacial score (nSPS) is 33.8. The Morgan fingerprint density at radius 1 is 1.50 bits per heavy atom. The Labute approximate surface area is 73.7 Å². The van der Waals surface area contributed by atoms with Gasteiger partial charge in [-0.05, 0) is 27.2 Å². The highest BCUT2D eigenvalue weighted by Crippen LogP contribution is 2.23. The molecular weight excluding hydrogens is 157 g/mol. The first kappa shape index (κ1) is 9.93. The third-order valence-corrected chi connectivity index (χ3v) is 2.28. The zero-order chi connectivity index (χ0) is 9.19. The van der Waals surface area contributed by atoms with Crippen molar-refractivity contribution in [3.63, 3.8) is 0 Å². The molecule has 0 aromatic carbocycles. The summed E-state index contributed by atoms with van der Waals surface area (Å²) in [5.41, 5.74) is 0. The van der Waals surface area contributed by atoms with Crippen LogP contribution in [0.1, 0.15) is 27.2 Å². The minimum atomic E-state index is -1.29. The molecule has 1 rings (SSSR count). The number of hydrogen-bond acceptors (Lipinski definition) is 2. The molecule has 0 aromatic heterocycles. The van der Waals surface area contributed by atoms with Gasteiger partial charge >= 0.3 is 0 Å². The molecule has 0 radical (unpaired) electrons. The first-order chi connectivity index (χ1) is 5.54. The van der Waals surface area contributed by atoms with Gasteiger partial charge in [-0.25, -0.2) is 4.39 Å². The summed E-state index contributed by atoms with van der Waals surface area (Å²) in [4.78, 5) is 1.86. The Kier molecular flexibility index (Phi) is 3.07. The van der Waals surface area contributed by atoms with Crippen molar-refractivity contribution in [3.8, 4) is 0 Å². The van der Waals surface area contributed by atoms with Gasteiger partial charge < -0.3 is 4.74 Å². The van der Waals surface area contributed by atoms with Crippen molar-refractivity contribution in [2.24, 2.45) is 0 Å². The lowest BCUT2D eigenvalue weighted by atomic mass is 10.2. The zero-order valence-corrected chi connectivity index (χ0v) is 8.14. The minimum Gasteiger partial charge on any atom is -0.377 e. The van der Waals surface area contributed by atoms with Gasteiger partial charge in [-0.3, -0.25) is 4.90 Å². The number of alkyl halides is 1. The molecular formula is C9H18FNO. The lowest BCUT2D eigenvalue weighted by molar-refractivity contribution is -0.0726. The van der Waals surface area contributed by atoms with E-state index >= 15 is 0 Å². The van der Waals surface area contributed by atoms with Crippen molar-refractivity contribution in [3.05, 3.63) is 0 Å². The molecule has 1 aliphatic heterocycles. The van der Waals surface area contributed by atoms with Crippen LogP contribution in [0.3, 0.4) is 0 Å². The molecule has 0 saturated carbocycles.